The predicted octanol–water partition coefficient (Wildman–Crippen LogP) is 5.02. The van der Waals surface area contributed by atoms with Gasteiger partial charge in [-0.3, -0.25) is 4.42 Å². The maximum Gasteiger partial charge on any atom is 0.325 e. The Labute approximate surface area is 140 Å². The second-order valence-corrected chi connectivity index (χ2v) is 8.00. The van der Waals surface area contributed by atoms with E-state index in [-0.39, 0.29) is 5.41 Å². The van der Waals surface area contributed by atoms with Crippen molar-refractivity contribution in [2.75, 3.05) is 7.11 Å². The summed E-state index contributed by atoms with van der Waals surface area (Å²) in [6.07, 6.45) is 11.3. The van der Waals surface area contributed by atoms with Gasteiger partial charge in [0.2, 0.25) is 0 Å². The number of rotatable bonds is 0. The molecule has 0 N–H and O–H groups in total. The second-order valence-electron chi connectivity index (χ2n) is 8.00. The molecule has 4 bridgehead atoms. The molecule has 2 aliphatic rings. The molecule has 0 aromatic heterocycles. The fourth-order valence-electron chi connectivity index (χ4n) is 3.70. The number of hydrogen-bond donors (Lipinski definition) is 0. The zero-order chi connectivity index (χ0) is 16.6. The van der Waals surface area contributed by atoms with Crippen LogP contribution in [0.15, 0.2) is 35.9 Å². The van der Waals surface area contributed by atoms with Gasteiger partial charge in [-0.2, -0.15) is 0 Å². The van der Waals surface area contributed by atoms with Gasteiger partial charge in [0.05, 0.1) is 5.92 Å². The lowest BCUT2D eigenvalue weighted by molar-refractivity contribution is -0.421. The van der Waals surface area contributed by atoms with E-state index < -0.39 is 0 Å². The number of aryl methyl sites for hydroxylation is 2. The number of allylic oxidation sites excluding steroid dienone is 4. The highest BCUT2D eigenvalue weighted by Gasteiger charge is 2.26. The second kappa shape index (κ2) is 6.11. The van der Waals surface area contributed by atoms with Gasteiger partial charge in [-0.05, 0) is 60.3 Å². The van der Waals surface area contributed by atoms with E-state index >= 15 is 0 Å². The van der Waals surface area contributed by atoms with Gasteiger partial charge in [0, 0.05) is 6.08 Å². The van der Waals surface area contributed by atoms with Crippen molar-refractivity contribution in [2.24, 2.45) is 5.92 Å². The van der Waals surface area contributed by atoms with E-state index in [1.165, 1.54) is 27.8 Å². The Morgan fingerprint density at radius 3 is 2.35 bits per heavy atom. The molecular weight excluding hydrogens is 280 g/mol. The van der Waals surface area contributed by atoms with Gasteiger partial charge in [-0.1, -0.05) is 50.6 Å². The van der Waals surface area contributed by atoms with E-state index in [2.05, 4.69) is 58.1 Å². The first-order valence-electron chi connectivity index (χ1n) is 8.81. The SMILES string of the molecule is C[O+]=C1C=CC2=CC1CCc1cc(C(C)(C)C)cc(c1C)CC2. The lowest BCUT2D eigenvalue weighted by atomic mass is 9.79. The zero-order valence-corrected chi connectivity index (χ0v) is 15.2. The summed E-state index contributed by atoms with van der Waals surface area (Å²) in [5.41, 5.74) is 7.69. The van der Waals surface area contributed by atoms with E-state index in [0.29, 0.717) is 5.92 Å². The number of ketones is 1. The van der Waals surface area contributed by atoms with Crippen LogP contribution in [0.1, 0.15) is 55.9 Å². The third-order valence-electron chi connectivity index (χ3n) is 5.37. The molecule has 23 heavy (non-hydrogen) atoms. The largest absolute Gasteiger partial charge is 0.325 e. The zero-order valence-electron chi connectivity index (χ0n) is 15.2. The van der Waals surface area contributed by atoms with Gasteiger partial charge < -0.3 is 0 Å². The molecule has 3 rings (SSSR count). The molecule has 0 saturated carbocycles. The summed E-state index contributed by atoms with van der Waals surface area (Å²) < 4.78 is 5.59. The Balaban J connectivity index is 2.03. The quantitative estimate of drug-likeness (QED) is 0.596. The summed E-state index contributed by atoms with van der Waals surface area (Å²) in [5.74, 6) is 1.54. The molecular formula is C22H29O+. The van der Waals surface area contributed by atoms with Crippen molar-refractivity contribution in [3.8, 4) is 0 Å². The van der Waals surface area contributed by atoms with E-state index in [9.17, 15) is 0 Å². The van der Waals surface area contributed by atoms with Crippen molar-refractivity contribution in [1.29, 1.82) is 0 Å². The number of benzene rings is 1. The van der Waals surface area contributed by atoms with Crippen molar-refractivity contribution in [3.63, 3.8) is 0 Å². The van der Waals surface area contributed by atoms with Crippen LogP contribution in [0, 0.1) is 12.8 Å². The highest BCUT2D eigenvalue weighted by molar-refractivity contribution is 5.95. The number of hydrogen-bond acceptors (Lipinski definition) is 0. The lowest BCUT2D eigenvalue weighted by Crippen LogP contribution is -2.19. The van der Waals surface area contributed by atoms with Crippen LogP contribution in [0.2, 0.25) is 0 Å². The summed E-state index contributed by atoms with van der Waals surface area (Å²) in [6, 6.07) is 4.88. The highest BCUT2D eigenvalue weighted by atomic mass is 16.4. The molecule has 2 aliphatic carbocycles. The van der Waals surface area contributed by atoms with Crippen LogP contribution in [-0.2, 0) is 22.7 Å². The van der Waals surface area contributed by atoms with E-state index in [1.807, 2.05) is 0 Å². The molecule has 1 nitrogen and oxygen atoms in total. The average molecular weight is 309 g/mol. The molecule has 1 aromatic rings. The van der Waals surface area contributed by atoms with Crippen LogP contribution in [0.25, 0.3) is 0 Å². The van der Waals surface area contributed by atoms with Crippen LogP contribution in [0.5, 0.6) is 0 Å². The minimum Gasteiger partial charge on any atom is -0.262 e. The standard InChI is InChI=1S/C22H29O/c1-15-17-8-6-16-7-11-21(23-5)19(12-16)10-9-18(15)14-20(13-17)22(2,3)4/h7,11-14,19H,6,8-10H2,1-5H3/q+1. The fraction of sp³-hybridized carbons (Fsp3) is 0.500. The van der Waals surface area contributed by atoms with E-state index in [4.69, 9.17) is 4.42 Å². The molecule has 1 heteroatoms. The molecule has 0 fully saturated rings. The minimum atomic E-state index is 0.209. The van der Waals surface area contributed by atoms with Crippen LogP contribution in [-0.4, -0.2) is 12.9 Å². The van der Waals surface area contributed by atoms with E-state index in [1.54, 1.807) is 7.11 Å². The van der Waals surface area contributed by atoms with Crippen LogP contribution in [0.3, 0.4) is 0 Å². The van der Waals surface area contributed by atoms with Crippen molar-refractivity contribution in [1.82, 2.24) is 0 Å². The molecule has 122 valence electrons. The van der Waals surface area contributed by atoms with Crippen molar-refractivity contribution in [2.45, 2.75) is 58.8 Å². The monoisotopic (exact) mass is 309 g/mol. The van der Waals surface area contributed by atoms with Crippen molar-refractivity contribution in [3.05, 3.63) is 58.2 Å². The third kappa shape index (κ3) is 3.34. The van der Waals surface area contributed by atoms with Gasteiger partial charge in [0.15, 0.2) is 0 Å². The number of carbonyl (C=O) groups excluding carboxylic acids is 1. The molecule has 0 amide bonds. The van der Waals surface area contributed by atoms with Crippen LogP contribution in [0.4, 0.5) is 0 Å². The third-order valence-corrected chi connectivity index (χ3v) is 5.37. The molecule has 0 aliphatic heterocycles. The molecule has 0 heterocycles. The Bertz CT molecular complexity index is 695. The normalized spacial score (nSPS) is 22.9. The van der Waals surface area contributed by atoms with Gasteiger partial charge in [0.25, 0.3) is 7.11 Å². The summed E-state index contributed by atoms with van der Waals surface area (Å²) in [7, 11) is 1.79. The van der Waals surface area contributed by atoms with Crippen LogP contribution < -0.4 is 0 Å². The highest BCUT2D eigenvalue weighted by Crippen LogP contribution is 2.32. The molecule has 0 radical (unpaired) electrons. The summed E-state index contributed by atoms with van der Waals surface area (Å²) in [6.45, 7) is 9.25. The molecule has 0 saturated heterocycles. The van der Waals surface area contributed by atoms with Gasteiger partial charge in [-0.25, -0.2) is 0 Å². The predicted molar refractivity (Wildman–Crippen MR) is 98.2 cm³/mol. The van der Waals surface area contributed by atoms with Gasteiger partial charge in [0.1, 0.15) is 0 Å². The fourth-order valence-corrected chi connectivity index (χ4v) is 3.70. The Morgan fingerprint density at radius 2 is 1.70 bits per heavy atom. The summed E-state index contributed by atoms with van der Waals surface area (Å²) in [5, 5.41) is 0. The summed E-state index contributed by atoms with van der Waals surface area (Å²) >= 11 is 0. The number of fused-ring (bicyclic) bond motifs is 3. The Kier molecular flexibility index (Phi) is 4.31. The van der Waals surface area contributed by atoms with Gasteiger partial charge in [-0.15, -0.1) is 0 Å². The Hall–Kier alpha value is -1.63. The first kappa shape index (κ1) is 16.2. The smallest absolute Gasteiger partial charge is 0.262 e. The summed E-state index contributed by atoms with van der Waals surface area (Å²) in [4.78, 5) is 0. The first-order chi connectivity index (χ1) is 10.9. The van der Waals surface area contributed by atoms with Crippen molar-refractivity contribution < 1.29 is 4.42 Å². The van der Waals surface area contributed by atoms with Gasteiger partial charge >= 0.3 is 5.78 Å². The molecule has 1 aromatic carbocycles. The average Bonchev–Trinajstić information content (AvgIpc) is 2.50. The maximum atomic E-state index is 5.59. The first-order valence-corrected chi connectivity index (χ1v) is 8.81. The molecule has 0 spiro atoms. The van der Waals surface area contributed by atoms with Crippen molar-refractivity contribution >= 4 is 5.78 Å². The Morgan fingerprint density at radius 1 is 1.00 bits per heavy atom. The maximum absolute atomic E-state index is 5.59. The lowest BCUT2D eigenvalue weighted by Gasteiger charge is -2.25. The topological polar surface area (TPSA) is 11.3 Å². The van der Waals surface area contributed by atoms with Crippen LogP contribution >= 0.6 is 0 Å². The molecule has 1 unspecified atom stereocenters. The molecule has 1 atom stereocenters. The minimum absolute atomic E-state index is 0.209. The van der Waals surface area contributed by atoms with E-state index in [0.717, 1.165) is 31.5 Å².